The highest BCUT2D eigenvalue weighted by molar-refractivity contribution is 8.00. The summed E-state index contributed by atoms with van der Waals surface area (Å²) in [6.45, 7) is 2.90. The highest BCUT2D eigenvalue weighted by Gasteiger charge is 2.23. The largest absolute Gasteiger partial charge is 0.481 e. The maximum atomic E-state index is 12.3. The molecule has 1 N–H and O–H groups in total. The van der Waals surface area contributed by atoms with Gasteiger partial charge in [-0.25, -0.2) is 0 Å². The summed E-state index contributed by atoms with van der Waals surface area (Å²) in [7, 11) is 0. The van der Waals surface area contributed by atoms with Gasteiger partial charge in [0.25, 0.3) is 0 Å². The van der Waals surface area contributed by atoms with E-state index in [1.165, 1.54) is 5.56 Å². The van der Waals surface area contributed by atoms with Gasteiger partial charge in [0.05, 0.1) is 11.5 Å². The third kappa shape index (κ3) is 3.54. The molecule has 1 unspecified atom stereocenters. The normalized spacial score (nSPS) is 18.2. The standard InChI is InChI=1S/C15H19NO3S/c1-11-5-4-8-16(13-7-3-2-6-12(11)13)14(17)9-20-10-15(18)19/h2-3,6-7,11H,4-5,8-10H2,1H3,(H,18,19). The second-order valence-corrected chi connectivity index (χ2v) is 6.02. The van der Waals surface area contributed by atoms with Crippen molar-refractivity contribution >= 4 is 29.3 Å². The summed E-state index contributed by atoms with van der Waals surface area (Å²) >= 11 is 1.15. The topological polar surface area (TPSA) is 57.6 Å². The van der Waals surface area contributed by atoms with E-state index in [2.05, 4.69) is 13.0 Å². The van der Waals surface area contributed by atoms with Crippen LogP contribution in [-0.2, 0) is 9.59 Å². The predicted molar refractivity (Wildman–Crippen MR) is 81.4 cm³/mol. The van der Waals surface area contributed by atoms with Crippen LogP contribution in [0.4, 0.5) is 5.69 Å². The van der Waals surface area contributed by atoms with Gasteiger partial charge >= 0.3 is 5.97 Å². The van der Waals surface area contributed by atoms with Crippen molar-refractivity contribution < 1.29 is 14.7 Å². The third-order valence-electron chi connectivity index (χ3n) is 3.53. The van der Waals surface area contributed by atoms with Gasteiger partial charge in [-0.2, -0.15) is 0 Å². The van der Waals surface area contributed by atoms with Crippen molar-refractivity contribution in [2.45, 2.75) is 25.7 Å². The highest BCUT2D eigenvalue weighted by atomic mass is 32.2. The van der Waals surface area contributed by atoms with E-state index < -0.39 is 5.97 Å². The lowest BCUT2D eigenvalue weighted by atomic mass is 9.96. The average Bonchev–Trinajstić information content (AvgIpc) is 2.58. The molecule has 1 aliphatic rings. The minimum absolute atomic E-state index is 0.00204. The molecular formula is C15H19NO3S. The minimum Gasteiger partial charge on any atom is -0.481 e. The van der Waals surface area contributed by atoms with Gasteiger partial charge in [0.2, 0.25) is 5.91 Å². The first-order chi connectivity index (χ1) is 9.59. The van der Waals surface area contributed by atoms with Gasteiger partial charge in [0, 0.05) is 12.2 Å². The van der Waals surface area contributed by atoms with Crippen molar-refractivity contribution in [2.24, 2.45) is 0 Å². The lowest BCUT2D eigenvalue weighted by Gasteiger charge is -2.23. The minimum atomic E-state index is -0.882. The molecule has 1 aliphatic heterocycles. The predicted octanol–water partition coefficient (Wildman–Crippen LogP) is 2.73. The van der Waals surface area contributed by atoms with Crippen LogP contribution in [0.15, 0.2) is 24.3 Å². The molecule has 0 spiro atoms. The van der Waals surface area contributed by atoms with Gasteiger partial charge in [0.1, 0.15) is 0 Å². The number of hydrogen-bond donors (Lipinski definition) is 1. The Morgan fingerprint density at radius 2 is 2.10 bits per heavy atom. The van der Waals surface area contributed by atoms with Gasteiger partial charge in [-0.05, 0) is 30.4 Å². The van der Waals surface area contributed by atoms with Crippen molar-refractivity contribution in [1.29, 1.82) is 0 Å². The summed E-state index contributed by atoms with van der Waals surface area (Å²) in [5.74, 6) is -0.242. The zero-order valence-corrected chi connectivity index (χ0v) is 12.4. The van der Waals surface area contributed by atoms with Crippen LogP contribution in [0.1, 0.15) is 31.2 Å². The molecule has 0 bridgehead atoms. The molecule has 1 heterocycles. The van der Waals surface area contributed by atoms with Crippen molar-refractivity contribution in [3.05, 3.63) is 29.8 Å². The summed E-state index contributed by atoms with van der Waals surface area (Å²) in [4.78, 5) is 24.6. The molecule has 2 rings (SSSR count). The van der Waals surface area contributed by atoms with E-state index in [9.17, 15) is 9.59 Å². The number of fused-ring (bicyclic) bond motifs is 1. The lowest BCUT2D eigenvalue weighted by molar-refractivity contribution is -0.133. The van der Waals surface area contributed by atoms with Crippen LogP contribution < -0.4 is 4.90 Å². The summed E-state index contributed by atoms with van der Waals surface area (Å²) in [6, 6.07) is 8.01. The number of thioether (sulfide) groups is 1. The molecule has 0 fully saturated rings. The smallest absolute Gasteiger partial charge is 0.313 e. The fourth-order valence-electron chi connectivity index (χ4n) is 2.54. The number of rotatable bonds is 4. The maximum Gasteiger partial charge on any atom is 0.313 e. The van der Waals surface area contributed by atoms with E-state index in [0.717, 1.165) is 30.3 Å². The number of para-hydroxylation sites is 1. The number of hydrogen-bond acceptors (Lipinski definition) is 3. The number of carboxylic acids is 1. The monoisotopic (exact) mass is 293 g/mol. The molecule has 5 heteroatoms. The highest BCUT2D eigenvalue weighted by Crippen LogP contribution is 2.34. The molecule has 0 aliphatic carbocycles. The molecule has 0 radical (unpaired) electrons. The quantitative estimate of drug-likeness (QED) is 0.927. The zero-order chi connectivity index (χ0) is 14.5. The van der Waals surface area contributed by atoms with Crippen LogP contribution in [0.2, 0.25) is 0 Å². The molecular weight excluding hydrogens is 274 g/mol. The summed E-state index contributed by atoms with van der Waals surface area (Å²) in [6.07, 6.45) is 2.05. The number of benzene rings is 1. The molecule has 1 atom stereocenters. The Hall–Kier alpha value is -1.49. The second kappa shape index (κ2) is 6.79. The molecule has 1 aromatic carbocycles. The molecule has 4 nitrogen and oxygen atoms in total. The van der Waals surface area contributed by atoms with Crippen molar-refractivity contribution in [3.63, 3.8) is 0 Å². The molecule has 0 saturated carbocycles. The molecule has 108 valence electrons. The van der Waals surface area contributed by atoms with E-state index >= 15 is 0 Å². The van der Waals surface area contributed by atoms with Gasteiger partial charge in [0.15, 0.2) is 0 Å². The number of anilines is 1. The van der Waals surface area contributed by atoms with E-state index in [1.807, 2.05) is 23.1 Å². The first kappa shape index (κ1) is 14.9. The first-order valence-electron chi connectivity index (χ1n) is 6.78. The van der Waals surface area contributed by atoms with Crippen LogP contribution in [0.5, 0.6) is 0 Å². The number of carbonyl (C=O) groups excluding carboxylic acids is 1. The van der Waals surface area contributed by atoms with Gasteiger partial charge in [-0.3, -0.25) is 9.59 Å². The Balaban J connectivity index is 2.12. The van der Waals surface area contributed by atoms with Gasteiger partial charge in [-0.1, -0.05) is 25.1 Å². The van der Waals surface area contributed by atoms with E-state index in [4.69, 9.17) is 5.11 Å². The first-order valence-corrected chi connectivity index (χ1v) is 7.94. The van der Waals surface area contributed by atoms with Crippen LogP contribution in [0.25, 0.3) is 0 Å². The van der Waals surface area contributed by atoms with Crippen LogP contribution in [0, 0.1) is 0 Å². The zero-order valence-electron chi connectivity index (χ0n) is 11.5. The van der Waals surface area contributed by atoms with E-state index in [1.54, 1.807) is 0 Å². The van der Waals surface area contributed by atoms with Crippen LogP contribution >= 0.6 is 11.8 Å². The van der Waals surface area contributed by atoms with Crippen molar-refractivity contribution in [3.8, 4) is 0 Å². The Labute approximate surface area is 123 Å². The number of aliphatic carboxylic acids is 1. The fourth-order valence-corrected chi connectivity index (χ4v) is 3.15. The maximum absolute atomic E-state index is 12.3. The van der Waals surface area contributed by atoms with E-state index in [0.29, 0.717) is 12.5 Å². The SMILES string of the molecule is CC1CCCN(C(=O)CSCC(=O)O)c2ccccc21. The summed E-state index contributed by atoms with van der Waals surface area (Å²) < 4.78 is 0. The van der Waals surface area contributed by atoms with Crippen LogP contribution in [-0.4, -0.2) is 35.0 Å². The van der Waals surface area contributed by atoms with Gasteiger partial charge < -0.3 is 10.0 Å². The fraction of sp³-hybridized carbons (Fsp3) is 0.467. The Kier molecular flexibility index (Phi) is 5.06. The molecule has 1 amide bonds. The lowest BCUT2D eigenvalue weighted by Crippen LogP contribution is -2.33. The molecule has 20 heavy (non-hydrogen) atoms. The molecule has 0 aromatic heterocycles. The van der Waals surface area contributed by atoms with Crippen LogP contribution in [0.3, 0.4) is 0 Å². The number of amides is 1. The average molecular weight is 293 g/mol. The molecule has 1 aromatic rings. The Morgan fingerprint density at radius 3 is 2.85 bits per heavy atom. The van der Waals surface area contributed by atoms with E-state index in [-0.39, 0.29) is 17.4 Å². The van der Waals surface area contributed by atoms with Crippen molar-refractivity contribution in [2.75, 3.05) is 23.0 Å². The molecule has 0 saturated heterocycles. The van der Waals surface area contributed by atoms with Crippen molar-refractivity contribution in [1.82, 2.24) is 0 Å². The number of carbonyl (C=O) groups is 2. The van der Waals surface area contributed by atoms with Gasteiger partial charge in [-0.15, -0.1) is 11.8 Å². The third-order valence-corrected chi connectivity index (χ3v) is 4.43. The summed E-state index contributed by atoms with van der Waals surface area (Å²) in [5.41, 5.74) is 2.19. The Morgan fingerprint density at radius 1 is 1.35 bits per heavy atom. The second-order valence-electron chi connectivity index (χ2n) is 5.03. The Bertz CT molecular complexity index is 504. The summed E-state index contributed by atoms with van der Waals surface area (Å²) in [5, 5.41) is 8.63. The number of carboxylic acid groups (broad SMARTS) is 1. The number of nitrogens with zero attached hydrogens (tertiary/aromatic N) is 1.